The number of nitrogens with two attached hydrogens (primary N) is 1. The van der Waals surface area contributed by atoms with Crippen LogP contribution in [0.3, 0.4) is 0 Å². The summed E-state index contributed by atoms with van der Waals surface area (Å²) in [7, 11) is 0. The summed E-state index contributed by atoms with van der Waals surface area (Å²) in [6.07, 6.45) is 3.55. The standard InChI is InChI=1S/C13H13BrN2O/c14-12-3-1-2-4-13(12)17-9-11-5-10(6-15)7-16-8-11/h1-5,7-8H,6,9,15H2. The molecule has 17 heavy (non-hydrogen) atoms. The smallest absolute Gasteiger partial charge is 0.133 e. The summed E-state index contributed by atoms with van der Waals surface area (Å²) < 4.78 is 6.64. The van der Waals surface area contributed by atoms with Crippen LogP contribution in [-0.4, -0.2) is 4.98 Å². The Labute approximate surface area is 109 Å². The second kappa shape index (κ2) is 5.80. The van der Waals surface area contributed by atoms with E-state index in [4.69, 9.17) is 10.5 Å². The third-order valence-corrected chi connectivity index (χ3v) is 2.97. The molecule has 0 aliphatic carbocycles. The zero-order valence-corrected chi connectivity index (χ0v) is 10.9. The molecule has 0 saturated carbocycles. The lowest BCUT2D eigenvalue weighted by Gasteiger charge is -2.08. The Balaban J connectivity index is 2.05. The quantitative estimate of drug-likeness (QED) is 0.943. The van der Waals surface area contributed by atoms with Gasteiger partial charge in [0.05, 0.1) is 4.47 Å². The van der Waals surface area contributed by atoms with Crippen molar-refractivity contribution in [2.45, 2.75) is 13.2 Å². The highest BCUT2D eigenvalue weighted by atomic mass is 79.9. The van der Waals surface area contributed by atoms with Gasteiger partial charge in [0.15, 0.2) is 0 Å². The van der Waals surface area contributed by atoms with Crippen molar-refractivity contribution in [2.75, 3.05) is 0 Å². The zero-order chi connectivity index (χ0) is 12.1. The van der Waals surface area contributed by atoms with Gasteiger partial charge in [0, 0.05) is 24.5 Å². The molecule has 0 aliphatic heterocycles. The van der Waals surface area contributed by atoms with Gasteiger partial charge in [-0.25, -0.2) is 0 Å². The van der Waals surface area contributed by atoms with E-state index in [1.807, 2.05) is 30.3 Å². The van der Waals surface area contributed by atoms with Crippen LogP contribution in [0.1, 0.15) is 11.1 Å². The van der Waals surface area contributed by atoms with Gasteiger partial charge in [-0.1, -0.05) is 12.1 Å². The minimum absolute atomic E-state index is 0.490. The van der Waals surface area contributed by atoms with E-state index in [-0.39, 0.29) is 0 Å². The fourth-order valence-corrected chi connectivity index (χ4v) is 1.85. The van der Waals surface area contributed by atoms with E-state index in [0.29, 0.717) is 13.2 Å². The molecule has 1 aromatic heterocycles. The number of aromatic nitrogens is 1. The molecule has 0 atom stereocenters. The molecule has 2 N–H and O–H groups in total. The largest absolute Gasteiger partial charge is 0.488 e. The summed E-state index contributed by atoms with van der Waals surface area (Å²) in [5.74, 6) is 0.825. The third-order valence-electron chi connectivity index (χ3n) is 2.32. The lowest BCUT2D eigenvalue weighted by atomic mass is 10.2. The number of ether oxygens (including phenoxy) is 1. The number of rotatable bonds is 4. The summed E-state index contributed by atoms with van der Waals surface area (Å²) in [5.41, 5.74) is 7.59. The van der Waals surface area contributed by atoms with Gasteiger partial charge in [0.2, 0.25) is 0 Å². The third kappa shape index (κ3) is 3.28. The Kier molecular flexibility index (Phi) is 4.12. The van der Waals surface area contributed by atoms with Crippen molar-refractivity contribution in [1.29, 1.82) is 0 Å². The van der Waals surface area contributed by atoms with Crippen LogP contribution in [0, 0.1) is 0 Å². The lowest BCUT2D eigenvalue weighted by Crippen LogP contribution is -2.01. The monoisotopic (exact) mass is 292 g/mol. The first-order chi connectivity index (χ1) is 8.29. The molecule has 0 spiro atoms. The summed E-state index contributed by atoms with van der Waals surface area (Å²) in [5, 5.41) is 0. The van der Waals surface area contributed by atoms with Gasteiger partial charge >= 0.3 is 0 Å². The van der Waals surface area contributed by atoms with Crippen LogP contribution in [-0.2, 0) is 13.2 Å². The van der Waals surface area contributed by atoms with E-state index < -0.39 is 0 Å². The molecule has 2 rings (SSSR count). The zero-order valence-electron chi connectivity index (χ0n) is 9.27. The highest BCUT2D eigenvalue weighted by molar-refractivity contribution is 9.10. The number of nitrogens with zero attached hydrogens (tertiary/aromatic N) is 1. The minimum atomic E-state index is 0.490. The number of pyridine rings is 1. The van der Waals surface area contributed by atoms with Crippen molar-refractivity contribution in [3.8, 4) is 5.75 Å². The van der Waals surface area contributed by atoms with E-state index >= 15 is 0 Å². The van der Waals surface area contributed by atoms with Crippen LogP contribution in [0.15, 0.2) is 47.2 Å². The number of hydrogen-bond acceptors (Lipinski definition) is 3. The molecule has 0 saturated heterocycles. The van der Waals surface area contributed by atoms with Gasteiger partial charge in [-0.3, -0.25) is 4.98 Å². The van der Waals surface area contributed by atoms with Gasteiger partial charge in [-0.15, -0.1) is 0 Å². The number of para-hydroxylation sites is 1. The predicted octanol–water partition coefficient (Wildman–Crippen LogP) is 2.88. The highest BCUT2D eigenvalue weighted by Crippen LogP contribution is 2.24. The van der Waals surface area contributed by atoms with E-state index in [9.17, 15) is 0 Å². The molecule has 88 valence electrons. The van der Waals surface area contributed by atoms with Crippen LogP contribution in [0.25, 0.3) is 0 Å². The molecule has 2 aromatic rings. The van der Waals surface area contributed by atoms with E-state index in [1.54, 1.807) is 12.4 Å². The van der Waals surface area contributed by atoms with Crippen molar-refractivity contribution in [3.63, 3.8) is 0 Å². The molecule has 0 radical (unpaired) electrons. The maximum absolute atomic E-state index is 5.69. The molecule has 0 fully saturated rings. The topological polar surface area (TPSA) is 48.1 Å². The van der Waals surface area contributed by atoms with Crippen LogP contribution in [0.4, 0.5) is 0 Å². The summed E-state index contributed by atoms with van der Waals surface area (Å²) >= 11 is 3.44. The van der Waals surface area contributed by atoms with Crippen molar-refractivity contribution < 1.29 is 4.74 Å². The van der Waals surface area contributed by atoms with Crippen LogP contribution in [0.2, 0.25) is 0 Å². The molecule has 1 heterocycles. The van der Waals surface area contributed by atoms with E-state index in [1.165, 1.54) is 0 Å². The predicted molar refractivity (Wildman–Crippen MR) is 70.6 cm³/mol. The number of hydrogen-bond donors (Lipinski definition) is 1. The Hall–Kier alpha value is -1.39. The van der Waals surface area contributed by atoms with Crippen LogP contribution < -0.4 is 10.5 Å². The highest BCUT2D eigenvalue weighted by Gasteiger charge is 2.01. The van der Waals surface area contributed by atoms with Gasteiger partial charge < -0.3 is 10.5 Å². The Morgan fingerprint density at radius 3 is 2.71 bits per heavy atom. The Bertz CT molecular complexity index is 502. The molecule has 0 amide bonds. The van der Waals surface area contributed by atoms with Crippen molar-refractivity contribution >= 4 is 15.9 Å². The minimum Gasteiger partial charge on any atom is -0.488 e. The first-order valence-electron chi connectivity index (χ1n) is 5.30. The Morgan fingerprint density at radius 2 is 1.94 bits per heavy atom. The molecule has 3 nitrogen and oxygen atoms in total. The maximum Gasteiger partial charge on any atom is 0.133 e. The molecule has 0 unspecified atom stereocenters. The molecule has 0 bridgehead atoms. The SMILES string of the molecule is NCc1cncc(COc2ccccc2Br)c1. The van der Waals surface area contributed by atoms with Crippen molar-refractivity contribution in [1.82, 2.24) is 4.98 Å². The fraction of sp³-hybridized carbons (Fsp3) is 0.154. The van der Waals surface area contributed by atoms with Crippen molar-refractivity contribution in [3.05, 3.63) is 58.3 Å². The Morgan fingerprint density at radius 1 is 1.18 bits per heavy atom. The molecular weight excluding hydrogens is 280 g/mol. The number of benzene rings is 1. The maximum atomic E-state index is 5.69. The van der Waals surface area contributed by atoms with E-state index in [2.05, 4.69) is 20.9 Å². The first kappa shape index (κ1) is 12.1. The summed E-state index contributed by atoms with van der Waals surface area (Å²) in [6, 6.07) is 9.76. The normalized spacial score (nSPS) is 10.2. The lowest BCUT2D eigenvalue weighted by molar-refractivity contribution is 0.303. The molecule has 1 aromatic carbocycles. The van der Waals surface area contributed by atoms with Crippen LogP contribution >= 0.6 is 15.9 Å². The average Bonchev–Trinajstić information content (AvgIpc) is 2.38. The summed E-state index contributed by atoms with van der Waals surface area (Å²) in [6.45, 7) is 0.985. The molecule has 4 heteroatoms. The van der Waals surface area contributed by atoms with Gasteiger partial charge in [0.25, 0.3) is 0 Å². The van der Waals surface area contributed by atoms with Crippen molar-refractivity contribution in [2.24, 2.45) is 5.73 Å². The van der Waals surface area contributed by atoms with E-state index in [0.717, 1.165) is 21.3 Å². The first-order valence-corrected chi connectivity index (χ1v) is 6.09. The number of halogens is 1. The molecule has 0 aliphatic rings. The second-order valence-corrected chi connectivity index (χ2v) is 4.48. The van der Waals surface area contributed by atoms with Crippen LogP contribution in [0.5, 0.6) is 5.75 Å². The fourth-order valence-electron chi connectivity index (χ4n) is 1.45. The second-order valence-electron chi connectivity index (χ2n) is 3.62. The summed E-state index contributed by atoms with van der Waals surface area (Å²) in [4.78, 5) is 4.12. The van der Waals surface area contributed by atoms with Gasteiger partial charge in [-0.2, -0.15) is 0 Å². The van der Waals surface area contributed by atoms with Gasteiger partial charge in [0.1, 0.15) is 12.4 Å². The van der Waals surface area contributed by atoms with Gasteiger partial charge in [-0.05, 0) is 39.7 Å². The average molecular weight is 293 g/mol. The molecular formula is C13H13BrN2O.